The Morgan fingerprint density at radius 1 is 1.77 bits per heavy atom. The molecule has 0 radical (unpaired) electrons. The molecule has 0 aliphatic heterocycles. The van der Waals surface area contributed by atoms with Crippen molar-refractivity contribution in [3.8, 4) is 0 Å². The molecule has 0 fully saturated rings. The van der Waals surface area contributed by atoms with Crippen LogP contribution in [0.2, 0.25) is 0 Å². The van der Waals surface area contributed by atoms with Crippen LogP contribution in [0, 0.1) is 4.51 Å². The van der Waals surface area contributed by atoms with E-state index in [2.05, 4.69) is 11.6 Å². The maximum atomic E-state index is 10.8. The van der Waals surface area contributed by atoms with E-state index >= 15 is 0 Å². The van der Waals surface area contributed by atoms with E-state index in [4.69, 9.17) is 17.3 Å². The van der Waals surface area contributed by atoms with Gasteiger partial charge in [0.15, 0.2) is 0 Å². The number of aromatic nitrogens is 1. The number of rotatable bonds is 3. The van der Waals surface area contributed by atoms with Crippen LogP contribution in [0.4, 0.5) is 0 Å². The van der Waals surface area contributed by atoms with Gasteiger partial charge in [-0.05, 0) is 6.07 Å². The second kappa shape index (κ2) is 4.00. The summed E-state index contributed by atoms with van der Waals surface area (Å²) in [4.78, 5) is 13.6. The summed E-state index contributed by atoms with van der Waals surface area (Å²) >= 11 is 4.89. The van der Waals surface area contributed by atoms with Gasteiger partial charge in [-0.1, -0.05) is 18.3 Å². The summed E-state index contributed by atoms with van der Waals surface area (Å²) in [6.07, 6.45) is 3.74. The van der Waals surface area contributed by atoms with Crippen LogP contribution < -0.4 is 0 Å². The van der Waals surface area contributed by atoms with Crippen molar-refractivity contribution in [2.75, 3.05) is 0 Å². The van der Waals surface area contributed by atoms with Gasteiger partial charge >= 0.3 is 5.97 Å². The van der Waals surface area contributed by atoms with Crippen molar-refractivity contribution in [1.82, 2.24) is 4.98 Å². The molecule has 0 saturated heterocycles. The average Bonchev–Trinajstić information content (AvgIpc) is 2.04. The van der Waals surface area contributed by atoms with Gasteiger partial charge in [-0.25, -0.2) is 4.79 Å². The number of carbonyl (C=O) groups is 1. The van der Waals surface area contributed by atoms with Gasteiger partial charge < -0.3 is 10.1 Å². The van der Waals surface area contributed by atoms with Gasteiger partial charge in [-0.3, -0.25) is 0 Å². The second-order valence-electron chi connectivity index (χ2n) is 2.49. The zero-order valence-electron chi connectivity index (χ0n) is 6.91. The highest BCUT2D eigenvalue weighted by molar-refractivity contribution is 7.71. The van der Waals surface area contributed by atoms with E-state index in [1.807, 2.05) is 0 Å². The van der Waals surface area contributed by atoms with Crippen molar-refractivity contribution < 1.29 is 9.90 Å². The molecule has 1 rings (SSSR count). The quantitative estimate of drug-likeness (QED) is 0.574. The Morgan fingerprint density at radius 2 is 2.46 bits per heavy atom. The number of carboxylic acid groups (broad SMARTS) is 1. The summed E-state index contributed by atoms with van der Waals surface area (Å²) in [6.45, 7) is 3.54. The maximum Gasteiger partial charge on any atom is 0.338 e. The molecule has 0 atom stereocenters. The summed E-state index contributed by atoms with van der Waals surface area (Å²) in [6, 6.07) is 1.56. The van der Waals surface area contributed by atoms with E-state index in [1.165, 1.54) is 0 Å². The van der Waals surface area contributed by atoms with Gasteiger partial charge in [0.1, 0.15) is 0 Å². The van der Waals surface area contributed by atoms with Crippen molar-refractivity contribution in [3.63, 3.8) is 0 Å². The number of hydrogen-bond donors (Lipinski definition) is 2. The predicted octanol–water partition coefficient (Wildman–Crippen LogP) is 2.17. The molecular weight excluding hydrogens is 186 g/mol. The summed E-state index contributed by atoms with van der Waals surface area (Å²) in [5.74, 6) is -1.00. The molecule has 0 spiro atoms. The zero-order valence-corrected chi connectivity index (χ0v) is 7.73. The van der Waals surface area contributed by atoms with Crippen molar-refractivity contribution in [2.45, 2.75) is 6.42 Å². The first-order chi connectivity index (χ1) is 6.16. The lowest BCUT2D eigenvalue weighted by Gasteiger charge is -2.02. The largest absolute Gasteiger partial charge is 0.478 e. The Bertz CT molecular complexity index is 395. The lowest BCUT2D eigenvalue weighted by molar-refractivity contribution is 0.0694. The van der Waals surface area contributed by atoms with Crippen molar-refractivity contribution in [1.29, 1.82) is 0 Å². The Hall–Kier alpha value is -1.42. The number of carboxylic acids is 1. The van der Waals surface area contributed by atoms with Crippen molar-refractivity contribution >= 4 is 18.2 Å². The normalized spacial score (nSPS) is 9.54. The van der Waals surface area contributed by atoms with Gasteiger partial charge in [0.05, 0.1) is 10.1 Å². The number of H-pyrrole nitrogens is 1. The molecule has 0 aliphatic rings. The Kier molecular flexibility index (Phi) is 2.97. The minimum atomic E-state index is -1.00. The molecule has 1 aromatic heterocycles. The Balaban J connectivity index is 3.33. The molecule has 2 N–H and O–H groups in total. The smallest absolute Gasteiger partial charge is 0.338 e. The molecule has 3 nitrogen and oxygen atoms in total. The SMILES string of the molecule is C=CCc1[nH]ccc(=S)c1C(=O)O. The van der Waals surface area contributed by atoms with Gasteiger partial charge in [-0.15, -0.1) is 6.58 Å². The van der Waals surface area contributed by atoms with E-state index in [-0.39, 0.29) is 5.56 Å². The first-order valence-corrected chi connectivity index (χ1v) is 4.12. The fourth-order valence-corrected chi connectivity index (χ4v) is 1.34. The van der Waals surface area contributed by atoms with Crippen LogP contribution in [0.15, 0.2) is 24.9 Å². The maximum absolute atomic E-state index is 10.8. The minimum absolute atomic E-state index is 0.164. The van der Waals surface area contributed by atoms with Gasteiger partial charge in [0.2, 0.25) is 0 Å². The van der Waals surface area contributed by atoms with E-state index < -0.39 is 5.97 Å². The van der Waals surface area contributed by atoms with Crippen LogP contribution in [0.1, 0.15) is 16.1 Å². The number of nitrogens with one attached hydrogen (secondary N) is 1. The van der Waals surface area contributed by atoms with Gasteiger partial charge in [0, 0.05) is 18.3 Å². The van der Waals surface area contributed by atoms with E-state index in [9.17, 15) is 4.79 Å². The highest BCUT2D eigenvalue weighted by Gasteiger charge is 2.10. The fourth-order valence-electron chi connectivity index (χ4n) is 1.06. The number of aromatic carboxylic acids is 1. The van der Waals surface area contributed by atoms with E-state index in [0.29, 0.717) is 16.6 Å². The fraction of sp³-hybridized carbons (Fsp3) is 0.111. The highest BCUT2D eigenvalue weighted by atomic mass is 32.1. The number of hydrogen-bond acceptors (Lipinski definition) is 2. The molecule has 0 unspecified atom stereocenters. The molecule has 13 heavy (non-hydrogen) atoms. The van der Waals surface area contributed by atoms with E-state index in [1.54, 1.807) is 18.3 Å². The van der Waals surface area contributed by atoms with Crippen LogP contribution in [-0.4, -0.2) is 16.1 Å². The third-order valence-corrected chi connectivity index (χ3v) is 1.94. The van der Waals surface area contributed by atoms with Crippen molar-refractivity contribution in [2.24, 2.45) is 0 Å². The summed E-state index contributed by atoms with van der Waals surface area (Å²) in [5.41, 5.74) is 0.757. The molecule has 68 valence electrons. The highest BCUT2D eigenvalue weighted by Crippen LogP contribution is 2.09. The molecule has 1 heterocycles. The lowest BCUT2D eigenvalue weighted by Crippen LogP contribution is -2.04. The summed E-state index contributed by atoms with van der Waals surface area (Å²) in [5, 5.41) is 8.85. The monoisotopic (exact) mass is 195 g/mol. The molecule has 0 bridgehead atoms. The van der Waals surface area contributed by atoms with Crippen molar-refractivity contribution in [3.05, 3.63) is 40.7 Å². The number of allylic oxidation sites excluding steroid dienone is 1. The lowest BCUT2D eigenvalue weighted by atomic mass is 10.1. The molecule has 0 aliphatic carbocycles. The van der Waals surface area contributed by atoms with Gasteiger partial charge in [0.25, 0.3) is 0 Å². The third-order valence-electron chi connectivity index (χ3n) is 1.60. The Labute approximate surface area is 80.7 Å². The van der Waals surface area contributed by atoms with Crippen LogP contribution in [0.5, 0.6) is 0 Å². The molecule has 0 aromatic carbocycles. The topological polar surface area (TPSA) is 53.1 Å². The van der Waals surface area contributed by atoms with Crippen LogP contribution in [-0.2, 0) is 6.42 Å². The van der Waals surface area contributed by atoms with Crippen LogP contribution >= 0.6 is 12.2 Å². The van der Waals surface area contributed by atoms with E-state index in [0.717, 1.165) is 0 Å². The predicted molar refractivity (Wildman–Crippen MR) is 52.5 cm³/mol. The first-order valence-electron chi connectivity index (χ1n) is 3.71. The first kappa shape index (κ1) is 9.67. The zero-order chi connectivity index (χ0) is 9.84. The summed E-state index contributed by atoms with van der Waals surface area (Å²) in [7, 11) is 0. The number of pyridine rings is 1. The standard InChI is InChI=1S/C9H9NO2S/c1-2-3-6-8(9(11)12)7(13)4-5-10-6/h2,4-5H,1,3H2,(H,10,13)(H,11,12). The van der Waals surface area contributed by atoms with Gasteiger partial charge in [-0.2, -0.15) is 0 Å². The summed E-state index contributed by atoms with van der Waals surface area (Å²) < 4.78 is 0.350. The molecule has 0 amide bonds. The molecule has 0 saturated carbocycles. The average molecular weight is 195 g/mol. The minimum Gasteiger partial charge on any atom is -0.478 e. The number of aromatic amines is 1. The molecular formula is C9H9NO2S. The second-order valence-corrected chi connectivity index (χ2v) is 2.93. The molecule has 1 aromatic rings. The molecule has 4 heteroatoms. The third kappa shape index (κ3) is 2.03. The van der Waals surface area contributed by atoms with Crippen LogP contribution in [0.25, 0.3) is 0 Å². The van der Waals surface area contributed by atoms with Crippen LogP contribution in [0.3, 0.4) is 0 Å². The Morgan fingerprint density at radius 3 is 3.00 bits per heavy atom.